The molecule has 5 aromatic carbocycles. The SMILES string of the molecule is O=C(Nc1ccccc1NC(=O)c1ccc(OCCc2ccccc2)c(Br)c1)c1ccc(OCCc2ccccc2)c(Br)c1. The van der Waals surface area contributed by atoms with Crippen molar-refractivity contribution in [1.82, 2.24) is 0 Å². The maximum absolute atomic E-state index is 13.1. The highest BCUT2D eigenvalue weighted by atomic mass is 79.9. The molecule has 0 aliphatic carbocycles. The van der Waals surface area contributed by atoms with Gasteiger partial charge in [-0.1, -0.05) is 72.8 Å². The molecular weight excluding hydrogens is 684 g/mol. The third kappa shape index (κ3) is 8.58. The predicted molar refractivity (Wildman–Crippen MR) is 182 cm³/mol. The van der Waals surface area contributed by atoms with E-state index in [2.05, 4.69) is 66.8 Å². The fourth-order valence-corrected chi connectivity index (χ4v) is 5.44. The van der Waals surface area contributed by atoms with Crippen LogP contribution in [-0.2, 0) is 12.8 Å². The first-order valence-corrected chi connectivity index (χ1v) is 15.7. The number of hydrogen-bond acceptors (Lipinski definition) is 4. The van der Waals surface area contributed by atoms with Crippen molar-refractivity contribution >= 4 is 55.0 Å². The topological polar surface area (TPSA) is 76.7 Å². The molecule has 5 aromatic rings. The lowest BCUT2D eigenvalue weighted by Crippen LogP contribution is -2.17. The number of amides is 2. The van der Waals surface area contributed by atoms with E-state index in [1.165, 1.54) is 11.1 Å². The highest BCUT2D eigenvalue weighted by Crippen LogP contribution is 2.29. The van der Waals surface area contributed by atoms with Gasteiger partial charge in [0.15, 0.2) is 0 Å². The van der Waals surface area contributed by atoms with Crippen LogP contribution >= 0.6 is 31.9 Å². The summed E-state index contributed by atoms with van der Waals surface area (Å²) in [5.74, 6) is 0.679. The summed E-state index contributed by atoms with van der Waals surface area (Å²) in [6.07, 6.45) is 1.56. The number of carbonyl (C=O) groups excluding carboxylic acids is 2. The predicted octanol–water partition coefficient (Wildman–Crippen LogP) is 8.96. The molecule has 0 atom stereocenters. The molecule has 2 N–H and O–H groups in total. The quantitative estimate of drug-likeness (QED) is 0.135. The third-order valence-corrected chi connectivity index (χ3v) is 8.03. The van der Waals surface area contributed by atoms with Crippen molar-refractivity contribution in [3.63, 3.8) is 0 Å². The average Bonchev–Trinajstić information content (AvgIpc) is 3.04. The fraction of sp³-hybridized carbons (Fsp3) is 0.111. The number of hydrogen-bond donors (Lipinski definition) is 2. The summed E-state index contributed by atoms with van der Waals surface area (Å²) in [5.41, 5.74) is 4.23. The molecule has 0 fully saturated rings. The van der Waals surface area contributed by atoms with E-state index in [4.69, 9.17) is 9.47 Å². The van der Waals surface area contributed by atoms with E-state index in [1.54, 1.807) is 60.7 Å². The van der Waals surface area contributed by atoms with Gasteiger partial charge >= 0.3 is 0 Å². The van der Waals surface area contributed by atoms with Crippen molar-refractivity contribution in [1.29, 1.82) is 0 Å². The monoisotopic (exact) mass is 712 g/mol. The van der Waals surface area contributed by atoms with Crippen LogP contribution in [0.1, 0.15) is 31.8 Å². The van der Waals surface area contributed by atoms with E-state index in [0.717, 1.165) is 12.8 Å². The Balaban J connectivity index is 1.17. The summed E-state index contributed by atoms with van der Waals surface area (Å²) in [6.45, 7) is 1.03. The fourth-order valence-electron chi connectivity index (χ4n) is 4.46. The standard InChI is InChI=1S/C36H30Br2N2O4/c37-29-23-27(15-17-33(29)43-21-19-25-9-3-1-4-10-25)35(41)39-31-13-7-8-14-32(31)40-36(42)28-16-18-34(30(38)24-28)44-22-20-26-11-5-2-6-12-26/h1-18,23-24H,19-22H2,(H,39,41)(H,40,42). The zero-order valence-corrected chi connectivity index (χ0v) is 26.9. The molecule has 0 heterocycles. The van der Waals surface area contributed by atoms with E-state index in [-0.39, 0.29) is 11.8 Å². The van der Waals surface area contributed by atoms with Gasteiger partial charge in [0.25, 0.3) is 11.8 Å². The molecule has 0 spiro atoms. The van der Waals surface area contributed by atoms with Crippen LogP contribution in [0, 0.1) is 0 Å². The molecule has 0 bridgehead atoms. The summed E-state index contributed by atoms with van der Waals surface area (Å²) in [7, 11) is 0. The van der Waals surface area contributed by atoms with Gasteiger partial charge in [-0.3, -0.25) is 9.59 Å². The van der Waals surface area contributed by atoms with Gasteiger partial charge in [0, 0.05) is 24.0 Å². The van der Waals surface area contributed by atoms with Crippen LogP contribution in [0.4, 0.5) is 11.4 Å². The van der Waals surface area contributed by atoms with Crippen LogP contribution in [0.2, 0.25) is 0 Å². The number of benzene rings is 5. The van der Waals surface area contributed by atoms with Gasteiger partial charge in [-0.05, 0) is 91.5 Å². The molecule has 0 aliphatic heterocycles. The van der Waals surface area contributed by atoms with Crippen LogP contribution in [-0.4, -0.2) is 25.0 Å². The van der Waals surface area contributed by atoms with Crippen molar-refractivity contribution in [3.8, 4) is 11.5 Å². The first-order valence-electron chi connectivity index (χ1n) is 14.1. The second-order valence-electron chi connectivity index (χ2n) is 9.91. The second-order valence-corrected chi connectivity index (χ2v) is 11.6. The molecule has 222 valence electrons. The smallest absolute Gasteiger partial charge is 0.255 e. The van der Waals surface area contributed by atoms with Crippen molar-refractivity contribution in [2.75, 3.05) is 23.8 Å². The molecule has 0 aliphatic rings. The van der Waals surface area contributed by atoms with E-state index < -0.39 is 0 Å². The Kier molecular flexibility index (Phi) is 10.8. The van der Waals surface area contributed by atoms with Crippen LogP contribution in [0.15, 0.2) is 130 Å². The summed E-state index contributed by atoms with van der Waals surface area (Å²) in [4.78, 5) is 26.3. The Bertz CT molecular complexity index is 1600. The highest BCUT2D eigenvalue weighted by molar-refractivity contribution is 9.10. The number of ether oxygens (including phenoxy) is 2. The third-order valence-electron chi connectivity index (χ3n) is 6.79. The summed E-state index contributed by atoms with van der Waals surface area (Å²) in [6, 6.07) is 37.7. The maximum Gasteiger partial charge on any atom is 0.255 e. The molecule has 6 nitrogen and oxygen atoms in total. The number of halogens is 2. The first kappa shape index (κ1) is 31.0. The molecule has 0 radical (unpaired) electrons. The maximum atomic E-state index is 13.1. The molecule has 0 saturated carbocycles. The van der Waals surface area contributed by atoms with Gasteiger partial charge in [0.05, 0.1) is 33.5 Å². The molecule has 0 unspecified atom stereocenters. The minimum atomic E-state index is -0.317. The van der Waals surface area contributed by atoms with Gasteiger partial charge in [-0.15, -0.1) is 0 Å². The Labute approximate surface area is 273 Å². The lowest BCUT2D eigenvalue weighted by atomic mass is 10.1. The minimum Gasteiger partial charge on any atom is -0.492 e. The van der Waals surface area contributed by atoms with Crippen molar-refractivity contribution < 1.29 is 19.1 Å². The van der Waals surface area contributed by atoms with Gasteiger partial charge in [-0.2, -0.15) is 0 Å². The molecular formula is C36H30Br2N2O4. The van der Waals surface area contributed by atoms with Gasteiger partial charge in [0.1, 0.15) is 11.5 Å². The number of nitrogens with one attached hydrogen (secondary N) is 2. The van der Waals surface area contributed by atoms with E-state index in [0.29, 0.717) is 56.2 Å². The lowest BCUT2D eigenvalue weighted by Gasteiger charge is -2.14. The van der Waals surface area contributed by atoms with Crippen LogP contribution < -0.4 is 20.1 Å². The Morgan fingerprint density at radius 3 is 1.30 bits per heavy atom. The van der Waals surface area contributed by atoms with Crippen LogP contribution in [0.25, 0.3) is 0 Å². The van der Waals surface area contributed by atoms with E-state index in [9.17, 15) is 9.59 Å². The Hall–Kier alpha value is -4.40. The number of carbonyl (C=O) groups is 2. The number of anilines is 2. The van der Waals surface area contributed by atoms with Crippen LogP contribution in [0.5, 0.6) is 11.5 Å². The normalized spacial score (nSPS) is 10.6. The first-order chi connectivity index (χ1) is 21.5. The average molecular weight is 714 g/mol. The Morgan fingerprint density at radius 1 is 0.523 bits per heavy atom. The van der Waals surface area contributed by atoms with Gasteiger partial charge in [0.2, 0.25) is 0 Å². The summed E-state index contributed by atoms with van der Waals surface area (Å²) < 4.78 is 13.2. The largest absolute Gasteiger partial charge is 0.492 e. The van der Waals surface area contributed by atoms with Crippen molar-refractivity contribution in [2.24, 2.45) is 0 Å². The summed E-state index contributed by atoms with van der Waals surface area (Å²) in [5, 5.41) is 5.82. The van der Waals surface area contributed by atoms with E-state index >= 15 is 0 Å². The van der Waals surface area contributed by atoms with Crippen molar-refractivity contribution in [2.45, 2.75) is 12.8 Å². The van der Waals surface area contributed by atoms with E-state index in [1.807, 2.05) is 36.4 Å². The second kappa shape index (κ2) is 15.4. The molecule has 0 saturated heterocycles. The highest BCUT2D eigenvalue weighted by Gasteiger charge is 2.15. The zero-order valence-electron chi connectivity index (χ0n) is 23.8. The summed E-state index contributed by atoms with van der Waals surface area (Å²) >= 11 is 7.04. The van der Waals surface area contributed by atoms with Gasteiger partial charge < -0.3 is 20.1 Å². The molecule has 44 heavy (non-hydrogen) atoms. The Morgan fingerprint density at radius 2 is 0.909 bits per heavy atom. The minimum absolute atomic E-state index is 0.317. The van der Waals surface area contributed by atoms with Crippen molar-refractivity contribution in [3.05, 3.63) is 153 Å². The van der Waals surface area contributed by atoms with Gasteiger partial charge in [-0.25, -0.2) is 0 Å². The molecule has 2 amide bonds. The molecule has 8 heteroatoms. The molecule has 0 aromatic heterocycles. The lowest BCUT2D eigenvalue weighted by molar-refractivity contribution is 0.101. The number of rotatable bonds is 12. The zero-order chi connectivity index (χ0) is 30.7. The van der Waals surface area contributed by atoms with Crippen LogP contribution in [0.3, 0.4) is 0 Å². The molecule has 5 rings (SSSR count). The number of para-hydroxylation sites is 2.